The molecule has 0 aliphatic heterocycles. The highest BCUT2D eigenvalue weighted by atomic mass is 32.2. The predicted molar refractivity (Wildman–Crippen MR) is 94.3 cm³/mol. The number of sulfone groups is 1. The molecule has 24 heavy (non-hydrogen) atoms. The van der Waals surface area contributed by atoms with Crippen molar-refractivity contribution >= 4 is 36.3 Å². The minimum Gasteiger partial charge on any atom is -0.280 e. The molecule has 0 atom stereocenters. The molecule has 0 radical (unpaired) electrons. The fraction of sp³-hybridized carbons (Fsp3) is 0.0588. The summed E-state index contributed by atoms with van der Waals surface area (Å²) >= 11 is 0. The molecule has 0 amide bonds. The third-order valence-corrected chi connectivity index (χ3v) is 6.03. The lowest BCUT2D eigenvalue weighted by Gasteiger charge is -2.10. The maximum atomic E-state index is 12.5. The first-order valence-electron chi connectivity index (χ1n) is 7.07. The van der Waals surface area contributed by atoms with Crippen molar-refractivity contribution in [1.29, 1.82) is 0 Å². The molecule has 3 rings (SSSR count). The molecule has 0 bridgehead atoms. The van der Waals surface area contributed by atoms with Crippen molar-refractivity contribution in [2.24, 2.45) is 0 Å². The lowest BCUT2D eigenvalue weighted by Crippen LogP contribution is -2.13. The molecule has 0 saturated carbocycles. The molecule has 3 aromatic rings. The summed E-state index contributed by atoms with van der Waals surface area (Å²) in [6.07, 6.45) is 1.07. The lowest BCUT2D eigenvalue weighted by atomic mass is 10.1. The minimum atomic E-state index is -3.81. The highest BCUT2D eigenvalue weighted by Gasteiger charge is 2.16. The number of sulfonamides is 1. The van der Waals surface area contributed by atoms with Crippen LogP contribution < -0.4 is 4.72 Å². The summed E-state index contributed by atoms with van der Waals surface area (Å²) in [4.78, 5) is 0.173. The highest BCUT2D eigenvalue weighted by molar-refractivity contribution is 7.92. The monoisotopic (exact) mass is 361 g/mol. The average Bonchev–Trinajstić information content (AvgIpc) is 2.53. The van der Waals surface area contributed by atoms with E-state index in [-0.39, 0.29) is 15.5 Å². The van der Waals surface area contributed by atoms with Gasteiger partial charge in [0, 0.05) is 6.26 Å². The zero-order valence-electron chi connectivity index (χ0n) is 12.8. The second-order valence-electron chi connectivity index (χ2n) is 5.41. The van der Waals surface area contributed by atoms with E-state index >= 15 is 0 Å². The van der Waals surface area contributed by atoms with Gasteiger partial charge < -0.3 is 0 Å². The predicted octanol–water partition coefficient (Wildman–Crippen LogP) is 3.04. The smallest absolute Gasteiger partial charge is 0.261 e. The number of fused-ring (bicyclic) bond motifs is 1. The Balaban J connectivity index is 1.98. The topological polar surface area (TPSA) is 80.3 Å². The molecule has 0 aromatic heterocycles. The summed E-state index contributed by atoms with van der Waals surface area (Å²) in [5, 5.41) is 1.75. The van der Waals surface area contributed by atoms with E-state index in [9.17, 15) is 16.8 Å². The van der Waals surface area contributed by atoms with Crippen LogP contribution in [0.5, 0.6) is 0 Å². The highest BCUT2D eigenvalue weighted by Crippen LogP contribution is 2.22. The molecule has 0 aliphatic carbocycles. The van der Waals surface area contributed by atoms with Crippen molar-refractivity contribution in [2.45, 2.75) is 9.79 Å². The molecule has 3 aromatic carbocycles. The zero-order valence-corrected chi connectivity index (χ0v) is 14.4. The first kappa shape index (κ1) is 16.5. The van der Waals surface area contributed by atoms with Crippen LogP contribution in [-0.2, 0) is 19.9 Å². The van der Waals surface area contributed by atoms with Gasteiger partial charge in [0.15, 0.2) is 9.84 Å². The van der Waals surface area contributed by atoms with E-state index in [0.29, 0.717) is 0 Å². The van der Waals surface area contributed by atoms with Gasteiger partial charge in [-0.2, -0.15) is 0 Å². The Bertz CT molecular complexity index is 1120. The summed E-state index contributed by atoms with van der Waals surface area (Å²) in [5.41, 5.74) is 0.200. The molecular weight excluding hydrogens is 346 g/mol. The first-order chi connectivity index (χ1) is 11.3. The summed E-state index contributed by atoms with van der Waals surface area (Å²) in [7, 11) is -7.22. The third-order valence-electron chi connectivity index (χ3n) is 3.55. The molecule has 0 spiro atoms. The summed E-state index contributed by atoms with van der Waals surface area (Å²) in [5.74, 6) is 0. The number of anilines is 1. The molecule has 0 fully saturated rings. The summed E-state index contributed by atoms with van der Waals surface area (Å²) in [6, 6.07) is 18.0. The van der Waals surface area contributed by atoms with E-state index in [0.717, 1.165) is 17.0 Å². The fourth-order valence-corrected chi connectivity index (χ4v) is 4.09. The van der Waals surface area contributed by atoms with Crippen LogP contribution in [-0.4, -0.2) is 23.1 Å². The van der Waals surface area contributed by atoms with Crippen LogP contribution in [0.15, 0.2) is 76.5 Å². The van der Waals surface area contributed by atoms with Gasteiger partial charge in [0.1, 0.15) is 0 Å². The Kier molecular flexibility index (Phi) is 4.06. The fourth-order valence-electron chi connectivity index (χ4n) is 2.34. The van der Waals surface area contributed by atoms with Crippen LogP contribution in [0, 0.1) is 0 Å². The lowest BCUT2D eigenvalue weighted by molar-refractivity contribution is 0.599. The van der Waals surface area contributed by atoms with Gasteiger partial charge in [-0.3, -0.25) is 4.72 Å². The molecule has 7 heteroatoms. The van der Waals surface area contributed by atoms with Crippen molar-refractivity contribution in [2.75, 3.05) is 11.0 Å². The number of hydrogen-bond acceptors (Lipinski definition) is 4. The van der Waals surface area contributed by atoms with Crippen molar-refractivity contribution in [3.8, 4) is 0 Å². The van der Waals surface area contributed by atoms with Crippen LogP contribution in [0.3, 0.4) is 0 Å². The largest absolute Gasteiger partial charge is 0.280 e. The van der Waals surface area contributed by atoms with E-state index in [1.807, 2.05) is 24.3 Å². The quantitative estimate of drug-likeness (QED) is 0.774. The second kappa shape index (κ2) is 5.92. The number of rotatable bonds is 4. The van der Waals surface area contributed by atoms with Gasteiger partial charge in [0.05, 0.1) is 15.5 Å². The van der Waals surface area contributed by atoms with Crippen LogP contribution in [0.2, 0.25) is 0 Å². The maximum Gasteiger partial charge on any atom is 0.261 e. The first-order valence-corrected chi connectivity index (χ1v) is 10.4. The van der Waals surface area contributed by atoms with Crippen molar-refractivity contribution in [3.63, 3.8) is 0 Å². The SMILES string of the molecule is CS(=O)(=O)c1cccc(NS(=O)(=O)c2ccc3ccccc3c2)c1. The Morgan fingerprint density at radius 2 is 1.42 bits per heavy atom. The normalized spacial score (nSPS) is 12.2. The number of hydrogen-bond donors (Lipinski definition) is 1. The van der Waals surface area contributed by atoms with E-state index < -0.39 is 19.9 Å². The zero-order chi connectivity index (χ0) is 17.4. The molecule has 5 nitrogen and oxygen atoms in total. The third kappa shape index (κ3) is 3.42. The van der Waals surface area contributed by atoms with Crippen molar-refractivity contribution in [3.05, 3.63) is 66.7 Å². The average molecular weight is 361 g/mol. The van der Waals surface area contributed by atoms with Crippen molar-refractivity contribution in [1.82, 2.24) is 0 Å². The molecule has 0 saturated heterocycles. The van der Waals surface area contributed by atoms with Crippen LogP contribution in [0.1, 0.15) is 0 Å². The molecule has 0 aliphatic rings. The van der Waals surface area contributed by atoms with Gasteiger partial charge in [-0.25, -0.2) is 16.8 Å². The molecule has 0 heterocycles. The van der Waals surface area contributed by atoms with Crippen LogP contribution in [0.4, 0.5) is 5.69 Å². The van der Waals surface area contributed by atoms with Gasteiger partial charge in [0.2, 0.25) is 0 Å². The standard InChI is InChI=1S/C17H15NO4S2/c1-23(19,20)16-8-4-7-15(12-16)18-24(21,22)17-10-9-13-5-2-3-6-14(13)11-17/h2-12,18H,1H3. The van der Waals surface area contributed by atoms with Gasteiger partial charge in [-0.15, -0.1) is 0 Å². The van der Waals surface area contributed by atoms with Gasteiger partial charge in [0.25, 0.3) is 10.0 Å². The summed E-state index contributed by atoms with van der Waals surface area (Å²) in [6.45, 7) is 0. The van der Waals surface area contributed by atoms with Gasteiger partial charge in [-0.1, -0.05) is 36.4 Å². The van der Waals surface area contributed by atoms with E-state index in [1.165, 1.54) is 30.3 Å². The van der Waals surface area contributed by atoms with Gasteiger partial charge in [-0.05, 0) is 41.1 Å². The Labute approximate surface area is 140 Å². The Morgan fingerprint density at radius 1 is 0.708 bits per heavy atom. The maximum absolute atomic E-state index is 12.5. The Morgan fingerprint density at radius 3 is 2.12 bits per heavy atom. The Hall–Kier alpha value is -2.38. The number of nitrogens with one attached hydrogen (secondary N) is 1. The molecule has 124 valence electrons. The number of benzene rings is 3. The van der Waals surface area contributed by atoms with Crippen LogP contribution >= 0.6 is 0 Å². The van der Waals surface area contributed by atoms with E-state index in [1.54, 1.807) is 12.1 Å². The minimum absolute atomic E-state index is 0.0567. The van der Waals surface area contributed by atoms with E-state index in [2.05, 4.69) is 4.72 Å². The van der Waals surface area contributed by atoms with E-state index in [4.69, 9.17) is 0 Å². The molecule has 1 N–H and O–H groups in total. The molecule has 0 unspecified atom stereocenters. The van der Waals surface area contributed by atoms with Crippen LogP contribution in [0.25, 0.3) is 10.8 Å². The van der Waals surface area contributed by atoms with Crippen molar-refractivity contribution < 1.29 is 16.8 Å². The molecular formula is C17H15NO4S2. The second-order valence-corrected chi connectivity index (χ2v) is 9.11. The van der Waals surface area contributed by atoms with Gasteiger partial charge >= 0.3 is 0 Å². The summed E-state index contributed by atoms with van der Waals surface area (Å²) < 4.78 is 50.7.